The summed E-state index contributed by atoms with van der Waals surface area (Å²) in [5, 5.41) is 8.12. The van der Waals surface area contributed by atoms with E-state index in [-0.39, 0.29) is 5.75 Å². The van der Waals surface area contributed by atoms with Crippen LogP contribution in [0.2, 0.25) is 5.02 Å². The maximum Gasteiger partial charge on any atom is 0.167 e. The van der Waals surface area contributed by atoms with Gasteiger partial charge in [0.1, 0.15) is 0 Å². The monoisotopic (exact) mass is 297 g/mol. The van der Waals surface area contributed by atoms with E-state index < -0.39 is 5.82 Å². The van der Waals surface area contributed by atoms with E-state index in [2.05, 4.69) is 10.4 Å². The van der Waals surface area contributed by atoms with Gasteiger partial charge in [-0.25, -0.2) is 4.39 Å². The first kappa shape index (κ1) is 14.7. The number of anilines is 1. The van der Waals surface area contributed by atoms with Crippen molar-refractivity contribution in [2.24, 2.45) is 0 Å². The van der Waals surface area contributed by atoms with Crippen LogP contribution in [0.5, 0.6) is 5.75 Å². The Morgan fingerprint density at radius 3 is 2.80 bits per heavy atom. The first-order valence-electron chi connectivity index (χ1n) is 6.36. The molecule has 0 atom stereocenters. The summed E-state index contributed by atoms with van der Waals surface area (Å²) in [6, 6.07) is 4.74. The van der Waals surface area contributed by atoms with Crippen molar-refractivity contribution in [2.45, 2.75) is 26.9 Å². The first-order valence-corrected chi connectivity index (χ1v) is 6.73. The maximum atomic E-state index is 13.6. The number of aromatic nitrogens is 2. The van der Waals surface area contributed by atoms with Crippen LogP contribution in [0.3, 0.4) is 0 Å². The average molecular weight is 298 g/mol. The molecule has 0 radical (unpaired) electrons. The minimum atomic E-state index is -0.399. The summed E-state index contributed by atoms with van der Waals surface area (Å²) in [6.45, 7) is 5.09. The van der Waals surface area contributed by atoms with Crippen LogP contribution < -0.4 is 10.1 Å². The van der Waals surface area contributed by atoms with Crippen LogP contribution >= 0.6 is 11.6 Å². The van der Waals surface area contributed by atoms with Gasteiger partial charge in [0.25, 0.3) is 0 Å². The molecule has 1 N–H and O–H groups in total. The van der Waals surface area contributed by atoms with E-state index in [0.717, 1.165) is 17.9 Å². The highest BCUT2D eigenvalue weighted by Gasteiger charge is 2.12. The summed E-state index contributed by atoms with van der Waals surface area (Å²) in [5.74, 6) is -0.174. The standard InChI is InChI=1S/C14H17ClFN3O/c1-4-19-12(14(15)9(2)18-19)8-17-10-5-6-13(20-3)11(16)7-10/h5-7,17H,4,8H2,1-3H3. The zero-order chi connectivity index (χ0) is 14.7. The Morgan fingerprint density at radius 1 is 1.45 bits per heavy atom. The quantitative estimate of drug-likeness (QED) is 0.916. The molecule has 4 nitrogen and oxygen atoms in total. The number of benzene rings is 1. The lowest BCUT2D eigenvalue weighted by atomic mass is 10.2. The van der Waals surface area contributed by atoms with Crippen molar-refractivity contribution in [3.63, 3.8) is 0 Å². The third kappa shape index (κ3) is 2.88. The molecule has 0 aliphatic rings. The van der Waals surface area contributed by atoms with Crippen LogP contribution in [-0.4, -0.2) is 16.9 Å². The summed E-state index contributed by atoms with van der Waals surface area (Å²) in [6.07, 6.45) is 0. The van der Waals surface area contributed by atoms with E-state index in [1.807, 2.05) is 18.5 Å². The molecule has 0 amide bonds. The van der Waals surface area contributed by atoms with Gasteiger partial charge in [-0.2, -0.15) is 5.10 Å². The third-order valence-electron chi connectivity index (χ3n) is 3.06. The molecule has 0 spiro atoms. The van der Waals surface area contributed by atoms with Crippen molar-refractivity contribution < 1.29 is 9.13 Å². The number of hydrogen-bond acceptors (Lipinski definition) is 3. The van der Waals surface area contributed by atoms with E-state index in [1.165, 1.54) is 13.2 Å². The molecule has 0 unspecified atom stereocenters. The van der Waals surface area contributed by atoms with Gasteiger partial charge in [0.15, 0.2) is 11.6 Å². The van der Waals surface area contributed by atoms with Crippen molar-refractivity contribution in [3.8, 4) is 5.75 Å². The van der Waals surface area contributed by atoms with Gasteiger partial charge in [0.05, 0.1) is 30.1 Å². The molecule has 1 aromatic heterocycles. The molecule has 0 saturated heterocycles. The summed E-state index contributed by atoms with van der Waals surface area (Å²) in [7, 11) is 1.44. The maximum absolute atomic E-state index is 13.6. The fraction of sp³-hybridized carbons (Fsp3) is 0.357. The number of rotatable bonds is 5. The molecular weight excluding hydrogens is 281 g/mol. The van der Waals surface area contributed by atoms with Crippen LogP contribution in [-0.2, 0) is 13.1 Å². The zero-order valence-electron chi connectivity index (χ0n) is 11.7. The normalized spacial score (nSPS) is 10.7. The lowest BCUT2D eigenvalue weighted by molar-refractivity contribution is 0.386. The summed E-state index contributed by atoms with van der Waals surface area (Å²) in [5.41, 5.74) is 2.36. The number of nitrogens with zero attached hydrogens (tertiary/aromatic N) is 2. The molecular formula is C14H17ClFN3O. The van der Waals surface area contributed by atoms with E-state index >= 15 is 0 Å². The molecule has 108 valence electrons. The lowest BCUT2D eigenvalue weighted by Crippen LogP contribution is -2.08. The Kier molecular flexibility index (Phi) is 4.49. The minimum absolute atomic E-state index is 0.225. The molecule has 0 aliphatic carbocycles. The molecule has 1 heterocycles. The van der Waals surface area contributed by atoms with E-state index in [0.29, 0.717) is 17.3 Å². The van der Waals surface area contributed by atoms with Crippen molar-refractivity contribution in [1.29, 1.82) is 0 Å². The third-order valence-corrected chi connectivity index (χ3v) is 3.56. The predicted molar refractivity (Wildman–Crippen MR) is 77.9 cm³/mol. The molecule has 6 heteroatoms. The van der Waals surface area contributed by atoms with Crippen LogP contribution in [0.4, 0.5) is 10.1 Å². The van der Waals surface area contributed by atoms with Gasteiger partial charge in [-0.1, -0.05) is 11.6 Å². The highest BCUT2D eigenvalue weighted by Crippen LogP contribution is 2.24. The second-order valence-corrected chi connectivity index (χ2v) is 4.74. The topological polar surface area (TPSA) is 39.1 Å². The predicted octanol–water partition coefficient (Wildman–Crippen LogP) is 3.62. The Labute approximate surface area is 122 Å². The minimum Gasteiger partial charge on any atom is -0.494 e. The lowest BCUT2D eigenvalue weighted by Gasteiger charge is -2.10. The zero-order valence-corrected chi connectivity index (χ0v) is 12.5. The Hall–Kier alpha value is -1.75. The van der Waals surface area contributed by atoms with E-state index in [1.54, 1.807) is 12.1 Å². The molecule has 1 aromatic carbocycles. The SMILES string of the molecule is CCn1nc(C)c(Cl)c1CNc1ccc(OC)c(F)c1. The molecule has 2 aromatic rings. The van der Waals surface area contributed by atoms with Gasteiger partial charge in [0, 0.05) is 18.3 Å². The smallest absolute Gasteiger partial charge is 0.167 e. The van der Waals surface area contributed by atoms with Gasteiger partial charge in [-0.15, -0.1) is 0 Å². The Balaban J connectivity index is 2.14. The summed E-state index contributed by atoms with van der Waals surface area (Å²) < 4.78 is 20.3. The summed E-state index contributed by atoms with van der Waals surface area (Å²) in [4.78, 5) is 0. The van der Waals surface area contributed by atoms with Gasteiger partial charge < -0.3 is 10.1 Å². The first-order chi connectivity index (χ1) is 9.56. The highest BCUT2D eigenvalue weighted by molar-refractivity contribution is 6.31. The number of aryl methyl sites for hydroxylation is 2. The molecule has 0 saturated carbocycles. The average Bonchev–Trinajstić information content (AvgIpc) is 2.72. The molecule has 0 bridgehead atoms. The molecule has 20 heavy (non-hydrogen) atoms. The molecule has 2 rings (SSSR count). The largest absolute Gasteiger partial charge is 0.494 e. The van der Waals surface area contributed by atoms with Gasteiger partial charge in [-0.3, -0.25) is 4.68 Å². The number of halogens is 2. The highest BCUT2D eigenvalue weighted by atomic mass is 35.5. The van der Waals surface area contributed by atoms with Crippen LogP contribution in [0.25, 0.3) is 0 Å². The van der Waals surface area contributed by atoms with E-state index in [4.69, 9.17) is 16.3 Å². The molecule has 0 fully saturated rings. The van der Waals surface area contributed by atoms with Crippen LogP contribution in [0, 0.1) is 12.7 Å². The number of hydrogen-bond donors (Lipinski definition) is 1. The second kappa shape index (κ2) is 6.13. The Morgan fingerprint density at radius 2 is 2.20 bits per heavy atom. The summed E-state index contributed by atoms with van der Waals surface area (Å²) >= 11 is 6.22. The van der Waals surface area contributed by atoms with Crippen molar-refractivity contribution >= 4 is 17.3 Å². The number of methoxy groups -OCH3 is 1. The fourth-order valence-corrected chi connectivity index (χ4v) is 2.20. The Bertz CT molecular complexity index is 613. The van der Waals surface area contributed by atoms with Gasteiger partial charge in [-0.05, 0) is 26.0 Å². The fourth-order valence-electron chi connectivity index (χ4n) is 2.00. The van der Waals surface area contributed by atoms with Crippen molar-refractivity contribution in [1.82, 2.24) is 9.78 Å². The van der Waals surface area contributed by atoms with E-state index in [9.17, 15) is 4.39 Å². The van der Waals surface area contributed by atoms with Crippen LogP contribution in [0.15, 0.2) is 18.2 Å². The number of nitrogens with one attached hydrogen (secondary N) is 1. The van der Waals surface area contributed by atoms with Crippen molar-refractivity contribution in [2.75, 3.05) is 12.4 Å². The number of ether oxygens (including phenoxy) is 1. The second-order valence-electron chi connectivity index (χ2n) is 4.36. The molecule has 0 aliphatic heterocycles. The van der Waals surface area contributed by atoms with Crippen LogP contribution in [0.1, 0.15) is 18.3 Å². The van der Waals surface area contributed by atoms with Gasteiger partial charge >= 0.3 is 0 Å². The van der Waals surface area contributed by atoms with Crippen molar-refractivity contribution in [3.05, 3.63) is 40.4 Å². The van der Waals surface area contributed by atoms with Gasteiger partial charge in [0.2, 0.25) is 0 Å².